The van der Waals surface area contributed by atoms with Gasteiger partial charge in [0.25, 0.3) is 0 Å². The molecule has 2 nitrogen and oxygen atoms in total. The molecule has 0 spiro atoms. The van der Waals surface area contributed by atoms with Gasteiger partial charge in [-0.2, -0.15) is 0 Å². The smallest absolute Gasteiger partial charge is 0.165 e. The molecule has 0 bridgehead atoms. The summed E-state index contributed by atoms with van der Waals surface area (Å²) >= 11 is 0. The molecule has 0 fully saturated rings. The Morgan fingerprint density at radius 1 is 0.867 bits per heavy atom. The van der Waals surface area contributed by atoms with E-state index in [9.17, 15) is 13.6 Å². The van der Waals surface area contributed by atoms with Crippen LogP contribution in [0, 0.1) is 11.6 Å². The molecule has 0 saturated heterocycles. The third-order valence-corrected chi connectivity index (χ3v) is 5.42. The van der Waals surface area contributed by atoms with Gasteiger partial charge < -0.3 is 4.57 Å². The van der Waals surface area contributed by atoms with Crippen LogP contribution < -0.4 is 0 Å². The summed E-state index contributed by atoms with van der Waals surface area (Å²) in [5.74, 6) is -1.25. The molecule has 2 aromatic carbocycles. The lowest BCUT2D eigenvalue weighted by Crippen LogP contribution is -2.13. The highest BCUT2D eigenvalue weighted by Gasteiger charge is 2.23. The zero-order chi connectivity index (χ0) is 21.8. The van der Waals surface area contributed by atoms with Gasteiger partial charge >= 0.3 is 0 Å². The summed E-state index contributed by atoms with van der Waals surface area (Å²) in [6.07, 6.45) is 0.645. The molecule has 0 unspecified atom stereocenters. The average Bonchev–Trinajstić information content (AvgIpc) is 3.09. The third kappa shape index (κ3) is 4.86. The van der Waals surface area contributed by atoms with Crippen molar-refractivity contribution >= 4 is 5.78 Å². The van der Waals surface area contributed by atoms with E-state index in [0.29, 0.717) is 12.0 Å². The molecule has 30 heavy (non-hydrogen) atoms. The largest absolute Gasteiger partial charge is 0.343 e. The lowest BCUT2D eigenvalue weighted by Gasteiger charge is -2.18. The number of halogens is 2. The predicted octanol–water partition coefficient (Wildman–Crippen LogP) is 6.88. The second-order valence-electron chi connectivity index (χ2n) is 8.42. The highest BCUT2D eigenvalue weighted by Crippen LogP contribution is 2.30. The van der Waals surface area contributed by atoms with E-state index in [4.69, 9.17) is 0 Å². The number of rotatable bonds is 8. The van der Waals surface area contributed by atoms with Crippen LogP contribution in [0.2, 0.25) is 0 Å². The van der Waals surface area contributed by atoms with Gasteiger partial charge in [-0.3, -0.25) is 4.79 Å². The first-order valence-electron chi connectivity index (χ1n) is 10.5. The van der Waals surface area contributed by atoms with Crippen molar-refractivity contribution in [2.45, 2.75) is 58.9 Å². The minimum absolute atomic E-state index is 0.0390. The van der Waals surface area contributed by atoms with Crippen molar-refractivity contribution in [3.63, 3.8) is 0 Å². The Balaban J connectivity index is 1.91. The number of hydrogen-bond acceptors (Lipinski definition) is 1. The molecule has 0 N–H and O–H groups in total. The Hall–Kier alpha value is -2.75. The predicted molar refractivity (Wildman–Crippen MR) is 117 cm³/mol. The van der Waals surface area contributed by atoms with Gasteiger partial charge in [0.05, 0.1) is 0 Å². The maximum Gasteiger partial charge on any atom is 0.165 e. The van der Waals surface area contributed by atoms with Crippen LogP contribution in [0.15, 0.2) is 54.6 Å². The molecule has 4 heteroatoms. The van der Waals surface area contributed by atoms with Crippen LogP contribution in [0.3, 0.4) is 0 Å². The molecule has 0 amide bonds. The van der Waals surface area contributed by atoms with E-state index in [-0.39, 0.29) is 24.0 Å². The minimum Gasteiger partial charge on any atom is -0.343 e. The first-order chi connectivity index (χ1) is 14.3. The van der Waals surface area contributed by atoms with E-state index in [1.807, 2.05) is 24.3 Å². The highest BCUT2D eigenvalue weighted by molar-refractivity contribution is 5.98. The van der Waals surface area contributed by atoms with E-state index >= 15 is 0 Å². The number of aromatic nitrogens is 1. The van der Waals surface area contributed by atoms with Crippen LogP contribution >= 0.6 is 0 Å². The van der Waals surface area contributed by atoms with Gasteiger partial charge in [-0.1, -0.05) is 64.1 Å². The number of benzene rings is 2. The summed E-state index contributed by atoms with van der Waals surface area (Å²) in [5.41, 5.74) is 4.74. The first-order valence-corrected chi connectivity index (χ1v) is 10.5. The summed E-state index contributed by atoms with van der Waals surface area (Å²) in [4.78, 5) is 13.2. The van der Waals surface area contributed by atoms with Crippen molar-refractivity contribution in [2.75, 3.05) is 0 Å². The van der Waals surface area contributed by atoms with Gasteiger partial charge in [0.2, 0.25) is 0 Å². The van der Waals surface area contributed by atoms with Crippen LogP contribution in [0.5, 0.6) is 0 Å². The number of ketones is 1. The fraction of sp³-hybridized carbons (Fsp3) is 0.346. The molecule has 158 valence electrons. The second-order valence-corrected chi connectivity index (χ2v) is 8.42. The minimum atomic E-state index is -0.876. The van der Waals surface area contributed by atoms with Crippen LogP contribution in [0.25, 0.3) is 0 Å². The third-order valence-electron chi connectivity index (χ3n) is 5.42. The van der Waals surface area contributed by atoms with Crippen molar-refractivity contribution in [3.05, 3.63) is 94.3 Å². The van der Waals surface area contributed by atoms with Gasteiger partial charge in [-0.05, 0) is 47.6 Å². The summed E-state index contributed by atoms with van der Waals surface area (Å²) in [7, 11) is 0. The van der Waals surface area contributed by atoms with E-state index in [1.54, 1.807) is 0 Å². The Labute approximate surface area is 177 Å². The van der Waals surface area contributed by atoms with Crippen molar-refractivity contribution in [2.24, 2.45) is 0 Å². The zero-order valence-electron chi connectivity index (χ0n) is 18.1. The lowest BCUT2D eigenvalue weighted by atomic mass is 9.98. The molecule has 3 aromatic rings. The maximum absolute atomic E-state index is 13.5. The Morgan fingerprint density at radius 3 is 2.17 bits per heavy atom. The van der Waals surface area contributed by atoms with Gasteiger partial charge in [0.1, 0.15) is 0 Å². The molecule has 1 heterocycles. The summed E-state index contributed by atoms with van der Waals surface area (Å²) in [6, 6.07) is 16.1. The van der Waals surface area contributed by atoms with Crippen LogP contribution in [-0.2, 0) is 13.0 Å². The van der Waals surface area contributed by atoms with Crippen LogP contribution in [0.4, 0.5) is 8.78 Å². The van der Waals surface area contributed by atoms with Crippen molar-refractivity contribution in [1.29, 1.82) is 0 Å². The highest BCUT2D eigenvalue weighted by atomic mass is 19.2. The molecule has 0 aliphatic rings. The second kappa shape index (κ2) is 9.38. The normalized spacial score (nSPS) is 11.5. The Kier molecular flexibility index (Phi) is 6.86. The standard InChI is InChI=1S/C26H29F2NO/c1-17(2)24-15-21(25(30)13-11-19-10-12-22(27)23(28)14-19)26(18(3)4)29(24)16-20-8-6-5-7-9-20/h5-10,12,14-15,17-18H,11,13,16H2,1-4H3. The fourth-order valence-electron chi connectivity index (χ4n) is 3.94. The number of carbonyl (C=O) groups excluding carboxylic acids is 1. The molecule has 0 radical (unpaired) electrons. The van der Waals surface area contributed by atoms with Crippen molar-refractivity contribution in [3.8, 4) is 0 Å². The Morgan fingerprint density at radius 2 is 1.57 bits per heavy atom. The van der Waals surface area contributed by atoms with Gasteiger partial charge in [-0.15, -0.1) is 0 Å². The molecule has 0 aliphatic carbocycles. The number of Topliss-reactive ketones (excluding diaryl/α,β-unsaturated/α-hetero) is 1. The number of aryl methyl sites for hydroxylation is 1. The van der Waals surface area contributed by atoms with Gasteiger partial charge in [0.15, 0.2) is 17.4 Å². The quantitative estimate of drug-likeness (QED) is 0.372. The van der Waals surface area contributed by atoms with E-state index in [0.717, 1.165) is 29.6 Å². The summed E-state index contributed by atoms with van der Waals surface area (Å²) in [5, 5.41) is 0. The molecular formula is C26H29F2NO. The van der Waals surface area contributed by atoms with Gasteiger partial charge in [-0.25, -0.2) is 8.78 Å². The number of carbonyl (C=O) groups is 1. The Bertz CT molecular complexity index is 1020. The molecule has 3 rings (SSSR count). The van der Waals surface area contributed by atoms with Crippen molar-refractivity contribution < 1.29 is 13.6 Å². The monoisotopic (exact) mass is 409 g/mol. The maximum atomic E-state index is 13.5. The van der Waals surface area contributed by atoms with E-state index in [1.165, 1.54) is 17.7 Å². The molecule has 1 aromatic heterocycles. The molecular weight excluding hydrogens is 380 g/mol. The SMILES string of the molecule is CC(C)c1cc(C(=O)CCc2ccc(F)c(F)c2)c(C(C)C)n1Cc1ccccc1. The fourth-order valence-corrected chi connectivity index (χ4v) is 3.94. The van der Waals surface area contributed by atoms with Gasteiger partial charge in [0, 0.05) is 29.9 Å². The number of nitrogens with zero attached hydrogens (tertiary/aromatic N) is 1. The zero-order valence-corrected chi connectivity index (χ0v) is 18.1. The summed E-state index contributed by atoms with van der Waals surface area (Å²) in [6.45, 7) is 9.20. The number of hydrogen-bond donors (Lipinski definition) is 0. The van der Waals surface area contributed by atoms with Crippen LogP contribution in [0.1, 0.15) is 78.8 Å². The molecule has 0 aliphatic heterocycles. The van der Waals surface area contributed by atoms with E-state index in [2.05, 4.69) is 44.4 Å². The van der Waals surface area contributed by atoms with E-state index < -0.39 is 11.6 Å². The van der Waals surface area contributed by atoms with Crippen LogP contribution in [-0.4, -0.2) is 10.4 Å². The average molecular weight is 410 g/mol. The first kappa shape index (κ1) is 21.9. The molecule has 0 atom stereocenters. The molecule has 0 saturated carbocycles. The van der Waals surface area contributed by atoms with Crippen molar-refractivity contribution in [1.82, 2.24) is 4.57 Å². The lowest BCUT2D eigenvalue weighted by molar-refractivity contribution is 0.0981. The topological polar surface area (TPSA) is 22.0 Å². The summed E-state index contributed by atoms with van der Waals surface area (Å²) < 4.78 is 28.9.